The van der Waals surface area contributed by atoms with Crippen molar-refractivity contribution in [3.63, 3.8) is 0 Å². The number of nitrogens with zero attached hydrogens (tertiary/aromatic N) is 2. The molecule has 2 N–H and O–H groups in total. The molecule has 2 amide bonds. The van der Waals surface area contributed by atoms with Gasteiger partial charge >= 0.3 is 0 Å². The molecule has 2 aromatic carbocycles. The van der Waals surface area contributed by atoms with Crippen LogP contribution in [0.5, 0.6) is 0 Å². The van der Waals surface area contributed by atoms with Crippen LogP contribution < -0.4 is 10.6 Å². The molecular formula is C23H24N4O4S. The maximum absolute atomic E-state index is 12.8. The van der Waals surface area contributed by atoms with Crippen LogP contribution in [-0.2, 0) is 4.79 Å². The fourth-order valence-corrected chi connectivity index (χ4v) is 3.60. The van der Waals surface area contributed by atoms with Crippen molar-refractivity contribution in [1.29, 1.82) is 0 Å². The molecule has 1 aliphatic heterocycles. The van der Waals surface area contributed by atoms with Gasteiger partial charge in [-0.15, -0.1) is 0 Å². The first-order chi connectivity index (χ1) is 15.4. The molecule has 0 spiro atoms. The zero-order chi connectivity index (χ0) is 22.9. The Balaban J connectivity index is 1.55. The van der Waals surface area contributed by atoms with Crippen LogP contribution in [0.4, 0.5) is 11.4 Å². The normalized spacial score (nSPS) is 13.9. The molecule has 0 radical (unpaired) electrons. The van der Waals surface area contributed by atoms with E-state index in [1.54, 1.807) is 36.4 Å². The molecule has 0 aromatic heterocycles. The summed E-state index contributed by atoms with van der Waals surface area (Å²) in [5.74, 6) is -0.450. The highest BCUT2D eigenvalue weighted by molar-refractivity contribution is 7.80. The van der Waals surface area contributed by atoms with Crippen LogP contribution in [0.1, 0.15) is 41.6 Å². The van der Waals surface area contributed by atoms with Crippen molar-refractivity contribution in [2.75, 3.05) is 18.4 Å². The van der Waals surface area contributed by atoms with Gasteiger partial charge in [-0.2, -0.15) is 0 Å². The molecule has 2 aromatic rings. The Labute approximate surface area is 191 Å². The van der Waals surface area contributed by atoms with Crippen molar-refractivity contribution >= 4 is 46.6 Å². The van der Waals surface area contributed by atoms with E-state index >= 15 is 0 Å². The average Bonchev–Trinajstić information content (AvgIpc) is 3.07. The fourth-order valence-electron chi connectivity index (χ4n) is 3.38. The predicted molar refractivity (Wildman–Crippen MR) is 127 cm³/mol. The highest BCUT2D eigenvalue weighted by atomic mass is 32.1. The van der Waals surface area contributed by atoms with E-state index in [4.69, 9.17) is 12.2 Å². The molecule has 9 heteroatoms. The summed E-state index contributed by atoms with van der Waals surface area (Å²) in [5.41, 5.74) is 1.80. The van der Waals surface area contributed by atoms with E-state index in [0.29, 0.717) is 16.8 Å². The number of amides is 2. The van der Waals surface area contributed by atoms with Crippen molar-refractivity contribution in [3.8, 4) is 0 Å². The average molecular weight is 453 g/mol. The van der Waals surface area contributed by atoms with Crippen LogP contribution in [-0.4, -0.2) is 39.8 Å². The molecule has 1 fully saturated rings. The lowest BCUT2D eigenvalue weighted by Crippen LogP contribution is -2.33. The Morgan fingerprint density at radius 3 is 2.38 bits per heavy atom. The predicted octanol–water partition coefficient (Wildman–Crippen LogP) is 4.14. The number of thiocarbonyl (C=S) groups is 1. The number of non-ortho nitro benzene ring substituents is 1. The molecule has 0 aliphatic carbocycles. The monoisotopic (exact) mass is 452 g/mol. The maximum atomic E-state index is 12.8. The largest absolute Gasteiger partial charge is 0.339 e. The van der Waals surface area contributed by atoms with Gasteiger partial charge in [0, 0.05) is 42.5 Å². The third-order valence-corrected chi connectivity index (χ3v) is 5.23. The van der Waals surface area contributed by atoms with Gasteiger partial charge in [0.15, 0.2) is 5.11 Å². The molecular weight excluding hydrogens is 428 g/mol. The molecule has 1 saturated heterocycles. The summed E-state index contributed by atoms with van der Waals surface area (Å²) in [5, 5.41) is 16.2. The van der Waals surface area contributed by atoms with Crippen molar-refractivity contribution in [2.24, 2.45) is 0 Å². The fraction of sp³-hybridized carbons (Fsp3) is 0.261. The topological polar surface area (TPSA) is 105 Å². The van der Waals surface area contributed by atoms with E-state index in [2.05, 4.69) is 10.6 Å². The number of rotatable bonds is 5. The number of nitro groups is 1. The van der Waals surface area contributed by atoms with Gasteiger partial charge in [0.05, 0.1) is 4.92 Å². The zero-order valence-corrected chi connectivity index (χ0v) is 18.3. The summed E-state index contributed by atoms with van der Waals surface area (Å²) in [6.07, 6.45) is 7.16. The van der Waals surface area contributed by atoms with E-state index in [9.17, 15) is 19.7 Å². The van der Waals surface area contributed by atoms with Gasteiger partial charge < -0.3 is 10.2 Å². The molecule has 32 heavy (non-hydrogen) atoms. The van der Waals surface area contributed by atoms with Gasteiger partial charge in [-0.1, -0.05) is 18.9 Å². The molecule has 3 rings (SSSR count). The molecule has 0 bridgehead atoms. The van der Waals surface area contributed by atoms with Crippen molar-refractivity contribution < 1.29 is 14.5 Å². The number of hydrogen-bond acceptors (Lipinski definition) is 5. The summed E-state index contributed by atoms with van der Waals surface area (Å²) >= 11 is 5.19. The number of anilines is 1. The van der Waals surface area contributed by atoms with E-state index in [-0.39, 0.29) is 16.7 Å². The van der Waals surface area contributed by atoms with Crippen LogP contribution >= 0.6 is 12.2 Å². The van der Waals surface area contributed by atoms with Crippen LogP contribution in [0.2, 0.25) is 0 Å². The third kappa shape index (κ3) is 6.71. The number of nitrogens with one attached hydrogen (secondary N) is 2. The Hall–Kier alpha value is -3.59. The number of carbonyl (C=O) groups is 2. The van der Waals surface area contributed by atoms with Gasteiger partial charge in [0.25, 0.3) is 11.6 Å². The summed E-state index contributed by atoms with van der Waals surface area (Å²) in [4.78, 5) is 37.0. The van der Waals surface area contributed by atoms with E-state index < -0.39 is 10.8 Å². The minimum Gasteiger partial charge on any atom is -0.339 e. The van der Waals surface area contributed by atoms with Gasteiger partial charge in [0.1, 0.15) is 0 Å². The first-order valence-electron chi connectivity index (χ1n) is 10.4. The smallest absolute Gasteiger partial charge is 0.269 e. The van der Waals surface area contributed by atoms with Crippen molar-refractivity contribution in [3.05, 3.63) is 75.8 Å². The molecule has 166 valence electrons. The van der Waals surface area contributed by atoms with Gasteiger partial charge in [-0.05, 0) is 67.0 Å². The second-order valence-electron chi connectivity index (χ2n) is 7.41. The van der Waals surface area contributed by atoms with Crippen LogP contribution in [0.25, 0.3) is 6.08 Å². The summed E-state index contributed by atoms with van der Waals surface area (Å²) in [6.45, 7) is 1.54. The minimum absolute atomic E-state index is 0.00321. The summed E-state index contributed by atoms with van der Waals surface area (Å²) in [7, 11) is 0. The first-order valence-corrected chi connectivity index (χ1v) is 10.8. The summed E-state index contributed by atoms with van der Waals surface area (Å²) in [6, 6.07) is 12.9. The highest BCUT2D eigenvalue weighted by Gasteiger charge is 2.17. The molecule has 1 aliphatic rings. The Bertz CT molecular complexity index is 1030. The lowest BCUT2D eigenvalue weighted by molar-refractivity contribution is -0.384. The lowest BCUT2D eigenvalue weighted by atomic mass is 10.1. The van der Waals surface area contributed by atoms with Crippen LogP contribution in [0.3, 0.4) is 0 Å². The van der Waals surface area contributed by atoms with E-state index in [1.807, 2.05) is 4.90 Å². The standard InChI is InChI=1S/C23H24N4O4S/c28-21(13-10-17-8-11-20(12-9-17)27(30)31)25-23(32)24-19-7-5-6-18(16-19)22(29)26-14-3-1-2-4-15-26/h5-13,16H,1-4,14-15H2,(H2,24,25,28,32)/b13-10+. The van der Waals surface area contributed by atoms with Crippen molar-refractivity contribution in [2.45, 2.75) is 25.7 Å². The molecule has 8 nitrogen and oxygen atoms in total. The summed E-state index contributed by atoms with van der Waals surface area (Å²) < 4.78 is 0. The SMILES string of the molecule is O=C(/C=C/c1ccc([N+](=O)[O-])cc1)NC(=S)Nc1cccc(C(=O)N2CCCCCC2)c1. The number of benzene rings is 2. The second kappa shape index (κ2) is 11.1. The molecule has 1 heterocycles. The maximum Gasteiger partial charge on any atom is 0.269 e. The van der Waals surface area contributed by atoms with E-state index in [1.165, 1.54) is 24.3 Å². The first kappa shape index (κ1) is 23.1. The van der Waals surface area contributed by atoms with Gasteiger partial charge in [-0.3, -0.25) is 25.0 Å². The highest BCUT2D eigenvalue weighted by Crippen LogP contribution is 2.17. The number of likely N-dealkylation sites (tertiary alicyclic amines) is 1. The van der Waals surface area contributed by atoms with Crippen molar-refractivity contribution in [1.82, 2.24) is 10.2 Å². The number of carbonyl (C=O) groups excluding carboxylic acids is 2. The Kier molecular flexibility index (Phi) is 8.04. The van der Waals surface area contributed by atoms with E-state index in [0.717, 1.165) is 38.8 Å². The lowest BCUT2D eigenvalue weighted by Gasteiger charge is -2.20. The van der Waals surface area contributed by atoms with Crippen LogP contribution in [0, 0.1) is 10.1 Å². The second-order valence-corrected chi connectivity index (χ2v) is 7.82. The van der Waals surface area contributed by atoms with Gasteiger partial charge in [0.2, 0.25) is 5.91 Å². The zero-order valence-electron chi connectivity index (χ0n) is 17.5. The molecule has 0 atom stereocenters. The number of hydrogen-bond donors (Lipinski definition) is 2. The van der Waals surface area contributed by atoms with Gasteiger partial charge in [-0.25, -0.2) is 0 Å². The Morgan fingerprint density at radius 1 is 1.03 bits per heavy atom. The molecule has 0 unspecified atom stereocenters. The minimum atomic E-state index is -0.485. The molecule has 0 saturated carbocycles. The Morgan fingerprint density at radius 2 is 1.72 bits per heavy atom. The van der Waals surface area contributed by atoms with Crippen LogP contribution in [0.15, 0.2) is 54.6 Å². The quantitative estimate of drug-likeness (QED) is 0.306. The number of nitro benzene ring substituents is 1. The third-order valence-electron chi connectivity index (χ3n) is 5.03.